The Morgan fingerprint density at radius 3 is 2.54 bits per heavy atom. The number of halogens is 3. The Kier molecular flexibility index (Phi) is 6.14. The number of ether oxygens (including phenoxy) is 1. The van der Waals surface area contributed by atoms with Crippen molar-refractivity contribution in [2.45, 2.75) is 37.6 Å². The van der Waals surface area contributed by atoms with Crippen LogP contribution < -0.4 is 5.32 Å². The third-order valence-corrected chi connectivity index (χ3v) is 5.45. The molecule has 24 heavy (non-hydrogen) atoms. The van der Waals surface area contributed by atoms with Gasteiger partial charge in [0.25, 0.3) is 0 Å². The molecule has 0 radical (unpaired) electrons. The summed E-state index contributed by atoms with van der Waals surface area (Å²) in [5, 5.41) is 2.59. The number of hydrogen-bond acceptors (Lipinski definition) is 4. The molecule has 1 fully saturated rings. The summed E-state index contributed by atoms with van der Waals surface area (Å²) in [6.07, 6.45) is -1.73. The van der Waals surface area contributed by atoms with Crippen molar-refractivity contribution < 1.29 is 22.7 Å². The predicted octanol–water partition coefficient (Wildman–Crippen LogP) is 3.98. The number of pyridine rings is 1. The van der Waals surface area contributed by atoms with Gasteiger partial charge < -0.3 is 10.1 Å². The van der Waals surface area contributed by atoms with Crippen LogP contribution in [0.5, 0.6) is 0 Å². The predicted molar refractivity (Wildman–Crippen MR) is 87.9 cm³/mol. The smallest absolute Gasteiger partial charge is 0.381 e. The lowest BCUT2D eigenvalue weighted by molar-refractivity contribution is -0.137. The molecular formula is C16H21F3N2O2S. The van der Waals surface area contributed by atoms with E-state index in [2.05, 4.69) is 10.3 Å². The van der Waals surface area contributed by atoms with E-state index in [9.17, 15) is 18.0 Å². The maximum Gasteiger partial charge on any atom is 0.417 e. The molecule has 1 aromatic rings. The van der Waals surface area contributed by atoms with Gasteiger partial charge in [0.05, 0.1) is 10.3 Å². The molecule has 1 aliphatic heterocycles. The summed E-state index contributed by atoms with van der Waals surface area (Å²) in [6, 6.07) is 2.07. The summed E-state index contributed by atoms with van der Waals surface area (Å²) in [7, 11) is 0. The maximum atomic E-state index is 12.5. The van der Waals surface area contributed by atoms with Crippen molar-refractivity contribution in [3.05, 3.63) is 23.9 Å². The van der Waals surface area contributed by atoms with E-state index in [-0.39, 0.29) is 11.7 Å². The van der Waals surface area contributed by atoms with Crippen LogP contribution in [0.15, 0.2) is 18.3 Å². The van der Waals surface area contributed by atoms with E-state index in [1.165, 1.54) is 6.07 Å². The number of thioether (sulfide) groups is 1. The van der Waals surface area contributed by atoms with Crippen molar-refractivity contribution in [3.63, 3.8) is 0 Å². The summed E-state index contributed by atoms with van der Waals surface area (Å²) < 4.78 is 42.1. The standard InChI is InChI=1S/C16H21F3N2O2S/c1-15(2,24-10-11-5-7-23-8-6-11)14(22)21-13-4-3-12(9-20-13)16(17,18)19/h3-4,9,11H,5-8,10H2,1-2H3,(H,20,21,22). The summed E-state index contributed by atoms with van der Waals surface area (Å²) in [6.45, 7) is 5.12. The average molecular weight is 362 g/mol. The van der Waals surface area contributed by atoms with E-state index in [1.54, 1.807) is 25.6 Å². The van der Waals surface area contributed by atoms with Gasteiger partial charge in [-0.05, 0) is 50.5 Å². The highest BCUT2D eigenvalue weighted by Gasteiger charge is 2.32. The second-order valence-corrected chi connectivity index (χ2v) is 7.90. The number of amides is 1. The third-order valence-electron chi connectivity index (χ3n) is 3.90. The van der Waals surface area contributed by atoms with Crippen LogP contribution in [-0.2, 0) is 15.7 Å². The first-order valence-electron chi connectivity index (χ1n) is 7.75. The number of aromatic nitrogens is 1. The zero-order valence-electron chi connectivity index (χ0n) is 13.7. The van der Waals surface area contributed by atoms with Crippen LogP contribution in [0, 0.1) is 5.92 Å². The molecule has 1 N–H and O–H groups in total. The Morgan fingerprint density at radius 2 is 2.00 bits per heavy atom. The van der Waals surface area contributed by atoms with Gasteiger partial charge in [0, 0.05) is 19.4 Å². The number of carbonyl (C=O) groups is 1. The van der Waals surface area contributed by atoms with E-state index < -0.39 is 16.5 Å². The quantitative estimate of drug-likeness (QED) is 0.861. The average Bonchev–Trinajstić information content (AvgIpc) is 2.53. The highest BCUT2D eigenvalue weighted by Crippen LogP contribution is 2.32. The zero-order valence-corrected chi connectivity index (χ0v) is 14.5. The molecule has 1 aromatic heterocycles. The Hall–Kier alpha value is -1.28. The number of nitrogens with zero attached hydrogens (tertiary/aromatic N) is 1. The highest BCUT2D eigenvalue weighted by atomic mass is 32.2. The van der Waals surface area contributed by atoms with Gasteiger partial charge in [0.1, 0.15) is 5.82 Å². The van der Waals surface area contributed by atoms with Gasteiger partial charge in [-0.15, -0.1) is 11.8 Å². The molecule has 0 aliphatic carbocycles. The molecule has 1 saturated heterocycles. The van der Waals surface area contributed by atoms with Gasteiger partial charge >= 0.3 is 6.18 Å². The fourth-order valence-electron chi connectivity index (χ4n) is 2.21. The van der Waals surface area contributed by atoms with Gasteiger partial charge in [-0.1, -0.05) is 0 Å². The number of rotatable bonds is 5. The monoisotopic (exact) mass is 362 g/mol. The first-order valence-corrected chi connectivity index (χ1v) is 8.73. The van der Waals surface area contributed by atoms with Gasteiger partial charge in [-0.25, -0.2) is 4.98 Å². The number of alkyl halides is 3. The van der Waals surface area contributed by atoms with Crippen LogP contribution in [0.25, 0.3) is 0 Å². The molecule has 1 amide bonds. The highest BCUT2D eigenvalue weighted by molar-refractivity contribution is 8.01. The van der Waals surface area contributed by atoms with Crippen LogP contribution in [0.4, 0.5) is 19.0 Å². The molecule has 0 aromatic carbocycles. The fourth-order valence-corrected chi connectivity index (χ4v) is 3.37. The molecule has 8 heteroatoms. The van der Waals surface area contributed by atoms with Crippen LogP contribution in [-0.4, -0.2) is 34.6 Å². The number of anilines is 1. The second-order valence-electron chi connectivity index (χ2n) is 6.26. The summed E-state index contributed by atoms with van der Waals surface area (Å²) in [4.78, 5) is 16.0. The largest absolute Gasteiger partial charge is 0.417 e. The lowest BCUT2D eigenvalue weighted by Gasteiger charge is -2.27. The number of hydrogen-bond donors (Lipinski definition) is 1. The van der Waals surface area contributed by atoms with E-state index in [0.29, 0.717) is 5.92 Å². The summed E-state index contributed by atoms with van der Waals surface area (Å²) >= 11 is 1.54. The summed E-state index contributed by atoms with van der Waals surface area (Å²) in [5.74, 6) is 1.23. The molecule has 4 nitrogen and oxygen atoms in total. The van der Waals surface area contributed by atoms with Crippen LogP contribution in [0.2, 0.25) is 0 Å². The van der Waals surface area contributed by atoms with Gasteiger partial charge in [0.2, 0.25) is 5.91 Å². The molecule has 0 saturated carbocycles. The van der Waals surface area contributed by atoms with Crippen molar-refractivity contribution in [3.8, 4) is 0 Å². The number of nitrogens with one attached hydrogen (secondary N) is 1. The van der Waals surface area contributed by atoms with Gasteiger partial charge in [-0.2, -0.15) is 13.2 Å². The minimum atomic E-state index is -4.44. The Balaban J connectivity index is 1.89. The minimum absolute atomic E-state index is 0.118. The first kappa shape index (κ1) is 19.1. The lowest BCUT2D eigenvalue weighted by atomic mass is 10.0. The van der Waals surface area contributed by atoms with Crippen molar-refractivity contribution in [2.75, 3.05) is 24.3 Å². The maximum absolute atomic E-state index is 12.5. The molecule has 0 unspecified atom stereocenters. The minimum Gasteiger partial charge on any atom is -0.381 e. The topological polar surface area (TPSA) is 51.2 Å². The van der Waals surface area contributed by atoms with Gasteiger partial charge in [0.15, 0.2) is 0 Å². The van der Waals surface area contributed by atoms with Crippen molar-refractivity contribution in [2.24, 2.45) is 5.92 Å². The molecule has 0 bridgehead atoms. The van der Waals surface area contributed by atoms with E-state index in [0.717, 1.165) is 44.1 Å². The van der Waals surface area contributed by atoms with E-state index in [1.807, 2.05) is 0 Å². The molecule has 0 spiro atoms. The molecule has 2 rings (SSSR count). The van der Waals surface area contributed by atoms with Crippen LogP contribution in [0.3, 0.4) is 0 Å². The SMILES string of the molecule is CC(C)(SCC1CCOCC1)C(=O)Nc1ccc(C(F)(F)F)cn1. The van der Waals surface area contributed by atoms with E-state index >= 15 is 0 Å². The van der Waals surface area contributed by atoms with E-state index in [4.69, 9.17) is 4.74 Å². The second kappa shape index (κ2) is 7.74. The lowest BCUT2D eigenvalue weighted by Crippen LogP contribution is -2.35. The van der Waals surface area contributed by atoms with Crippen LogP contribution >= 0.6 is 11.8 Å². The first-order chi connectivity index (χ1) is 11.2. The normalized spacial score (nSPS) is 16.9. The zero-order chi connectivity index (χ0) is 17.8. The van der Waals surface area contributed by atoms with Crippen molar-refractivity contribution in [1.29, 1.82) is 0 Å². The third kappa shape index (κ3) is 5.37. The Bertz CT molecular complexity index is 555. The number of carbonyl (C=O) groups excluding carboxylic acids is 1. The van der Waals surface area contributed by atoms with Crippen molar-refractivity contribution in [1.82, 2.24) is 4.98 Å². The summed E-state index contributed by atoms with van der Waals surface area (Å²) in [5.41, 5.74) is -0.839. The molecule has 0 atom stereocenters. The van der Waals surface area contributed by atoms with Crippen molar-refractivity contribution >= 4 is 23.5 Å². The molecule has 134 valence electrons. The molecule has 2 heterocycles. The van der Waals surface area contributed by atoms with Gasteiger partial charge in [-0.3, -0.25) is 4.79 Å². The van der Waals surface area contributed by atoms with Crippen LogP contribution in [0.1, 0.15) is 32.3 Å². The Labute approximate surface area is 143 Å². The Morgan fingerprint density at radius 1 is 1.33 bits per heavy atom. The fraction of sp³-hybridized carbons (Fsp3) is 0.625. The molecular weight excluding hydrogens is 341 g/mol. The molecule has 1 aliphatic rings.